The lowest BCUT2D eigenvalue weighted by Crippen LogP contribution is -2.59. The molecule has 1 aliphatic heterocycles. The molecule has 0 unspecified atom stereocenters. The molecule has 0 atom stereocenters. The van der Waals surface area contributed by atoms with Gasteiger partial charge in [-0.25, -0.2) is 0 Å². The van der Waals surface area contributed by atoms with E-state index in [2.05, 4.69) is 28.9 Å². The third-order valence-corrected chi connectivity index (χ3v) is 4.55. The first-order valence-corrected chi connectivity index (χ1v) is 7.96. The van der Waals surface area contributed by atoms with Crippen LogP contribution in [0.15, 0.2) is 6.07 Å². The molecular formula is C15H21ClN4O2. The second kappa shape index (κ2) is 5.35. The number of halogens is 1. The minimum absolute atomic E-state index is 0.167. The molecule has 0 radical (unpaired) electrons. The lowest BCUT2D eigenvalue weighted by Gasteiger charge is -2.49. The van der Waals surface area contributed by atoms with Gasteiger partial charge in [0.2, 0.25) is 0 Å². The lowest BCUT2D eigenvalue weighted by molar-refractivity contribution is -0.148. The standard InChI is InChI=1S/C15H21ClN4O2/c1-14(2)8-20(9-15(22-14)5-3-4-6-15)13-10(12(17)21)7-11(16)18-19-13/h7H,3-6,8-9H2,1-2H3,(H2,17,21). The van der Waals surface area contributed by atoms with Gasteiger partial charge in [-0.1, -0.05) is 24.4 Å². The molecule has 7 heteroatoms. The maximum absolute atomic E-state index is 11.7. The second-order valence-corrected chi connectivity index (χ2v) is 7.26. The number of anilines is 1. The fraction of sp³-hybridized carbons (Fsp3) is 0.667. The van der Waals surface area contributed by atoms with E-state index in [1.165, 1.54) is 18.9 Å². The van der Waals surface area contributed by atoms with Crippen molar-refractivity contribution in [1.82, 2.24) is 10.2 Å². The zero-order chi connectivity index (χ0) is 16.0. The number of hydrogen-bond donors (Lipinski definition) is 1. The number of primary amides is 1. The highest BCUT2D eigenvalue weighted by Crippen LogP contribution is 2.42. The van der Waals surface area contributed by atoms with Gasteiger partial charge in [-0.3, -0.25) is 4.79 Å². The molecule has 6 nitrogen and oxygen atoms in total. The van der Waals surface area contributed by atoms with Crippen molar-refractivity contribution in [3.63, 3.8) is 0 Å². The van der Waals surface area contributed by atoms with Crippen LogP contribution in [0.1, 0.15) is 49.9 Å². The van der Waals surface area contributed by atoms with Crippen molar-refractivity contribution in [2.45, 2.75) is 50.7 Å². The Kier molecular flexibility index (Phi) is 3.77. The largest absolute Gasteiger partial charge is 0.365 e. The van der Waals surface area contributed by atoms with Crippen LogP contribution in [0.3, 0.4) is 0 Å². The van der Waals surface area contributed by atoms with Gasteiger partial charge >= 0.3 is 0 Å². The molecule has 22 heavy (non-hydrogen) atoms. The summed E-state index contributed by atoms with van der Waals surface area (Å²) in [6.07, 6.45) is 4.39. The van der Waals surface area contributed by atoms with Gasteiger partial charge in [-0.15, -0.1) is 10.2 Å². The van der Waals surface area contributed by atoms with Crippen LogP contribution in [-0.2, 0) is 4.74 Å². The molecule has 1 saturated heterocycles. The van der Waals surface area contributed by atoms with E-state index in [-0.39, 0.29) is 16.4 Å². The van der Waals surface area contributed by atoms with Crippen LogP contribution in [-0.4, -0.2) is 40.4 Å². The quantitative estimate of drug-likeness (QED) is 0.901. The minimum Gasteiger partial charge on any atom is -0.365 e. The molecule has 1 aliphatic carbocycles. The predicted molar refractivity (Wildman–Crippen MR) is 84.1 cm³/mol. The Hall–Kier alpha value is -1.40. The van der Waals surface area contributed by atoms with Gasteiger partial charge in [0, 0.05) is 13.1 Å². The average Bonchev–Trinajstić information content (AvgIpc) is 2.83. The van der Waals surface area contributed by atoms with Crippen LogP contribution in [0, 0.1) is 0 Å². The van der Waals surface area contributed by atoms with Crippen molar-refractivity contribution in [3.05, 3.63) is 16.8 Å². The van der Waals surface area contributed by atoms with E-state index in [1.807, 2.05) is 0 Å². The molecule has 2 heterocycles. The van der Waals surface area contributed by atoms with Gasteiger partial charge in [0.05, 0.1) is 16.8 Å². The summed E-state index contributed by atoms with van der Waals surface area (Å²) in [7, 11) is 0. The summed E-state index contributed by atoms with van der Waals surface area (Å²) >= 11 is 5.85. The fourth-order valence-corrected chi connectivity index (χ4v) is 3.87. The van der Waals surface area contributed by atoms with E-state index in [1.54, 1.807) is 0 Å². The van der Waals surface area contributed by atoms with Crippen LogP contribution in [0.4, 0.5) is 5.82 Å². The van der Waals surface area contributed by atoms with Gasteiger partial charge in [0.15, 0.2) is 11.0 Å². The maximum Gasteiger partial charge on any atom is 0.252 e. The molecule has 1 spiro atoms. The molecule has 3 rings (SSSR count). The molecule has 1 amide bonds. The van der Waals surface area contributed by atoms with E-state index in [0.717, 1.165) is 12.8 Å². The van der Waals surface area contributed by atoms with E-state index in [0.29, 0.717) is 24.5 Å². The Balaban J connectivity index is 1.98. The van der Waals surface area contributed by atoms with Crippen molar-refractivity contribution < 1.29 is 9.53 Å². The summed E-state index contributed by atoms with van der Waals surface area (Å²) in [4.78, 5) is 13.8. The Morgan fingerprint density at radius 3 is 2.64 bits per heavy atom. The van der Waals surface area contributed by atoms with Crippen molar-refractivity contribution in [1.29, 1.82) is 0 Å². The monoisotopic (exact) mass is 324 g/mol. The van der Waals surface area contributed by atoms with Crippen LogP contribution in [0.5, 0.6) is 0 Å². The van der Waals surface area contributed by atoms with E-state index >= 15 is 0 Å². The van der Waals surface area contributed by atoms with Gasteiger partial charge in [-0.05, 0) is 32.8 Å². The SMILES string of the molecule is CC1(C)CN(c2nnc(Cl)cc2C(N)=O)CC2(CCCC2)O1. The molecule has 0 bridgehead atoms. The number of carbonyl (C=O) groups excluding carboxylic acids is 1. The van der Waals surface area contributed by atoms with Crippen molar-refractivity contribution in [2.24, 2.45) is 5.73 Å². The number of hydrogen-bond acceptors (Lipinski definition) is 5. The Morgan fingerprint density at radius 2 is 2.00 bits per heavy atom. The Labute approximate surface area is 135 Å². The smallest absolute Gasteiger partial charge is 0.252 e. The normalized spacial score (nSPS) is 23.0. The highest BCUT2D eigenvalue weighted by Gasteiger charge is 2.46. The Morgan fingerprint density at radius 1 is 1.32 bits per heavy atom. The Bertz CT molecular complexity index is 599. The van der Waals surface area contributed by atoms with E-state index in [9.17, 15) is 4.79 Å². The first-order chi connectivity index (χ1) is 10.3. The van der Waals surface area contributed by atoms with Gasteiger partial charge in [0.25, 0.3) is 5.91 Å². The van der Waals surface area contributed by atoms with Crippen LogP contribution in [0.2, 0.25) is 5.15 Å². The number of morpholine rings is 1. The second-order valence-electron chi connectivity index (χ2n) is 6.88. The predicted octanol–water partition coefficient (Wildman–Crippen LogP) is 2.16. The zero-order valence-corrected chi connectivity index (χ0v) is 13.7. The van der Waals surface area contributed by atoms with E-state index in [4.69, 9.17) is 22.1 Å². The number of amides is 1. The number of aromatic nitrogens is 2. The molecular weight excluding hydrogens is 304 g/mol. The lowest BCUT2D eigenvalue weighted by atomic mass is 9.94. The number of nitrogens with two attached hydrogens (primary N) is 1. The van der Waals surface area contributed by atoms with Crippen LogP contribution in [0.25, 0.3) is 0 Å². The van der Waals surface area contributed by atoms with Crippen molar-refractivity contribution >= 4 is 23.3 Å². The minimum atomic E-state index is -0.545. The molecule has 0 aromatic carbocycles. The van der Waals surface area contributed by atoms with Crippen molar-refractivity contribution in [2.75, 3.05) is 18.0 Å². The number of rotatable bonds is 2. The summed E-state index contributed by atoms with van der Waals surface area (Å²) < 4.78 is 6.37. The van der Waals surface area contributed by atoms with E-state index < -0.39 is 5.91 Å². The molecule has 2 fully saturated rings. The molecule has 1 aromatic rings. The summed E-state index contributed by atoms with van der Waals surface area (Å²) in [5, 5.41) is 8.18. The zero-order valence-electron chi connectivity index (χ0n) is 12.9. The molecule has 1 aromatic heterocycles. The molecule has 2 N–H and O–H groups in total. The van der Waals surface area contributed by atoms with Crippen LogP contribution < -0.4 is 10.6 Å². The third-order valence-electron chi connectivity index (χ3n) is 4.37. The fourth-order valence-electron chi connectivity index (χ4n) is 3.72. The summed E-state index contributed by atoms with van der Waals surface area (Å²) in [6, 6.07) is 1.48. The molecule has 2 aliphatic rings. The van der Waals surface area contributed by atoms with Crippen molar-refractivity contribution in [3.8, 4) is 0 Å². The average molecular weight is 325 g/mol. The molecule has 120 valence electrons. The summed E-state index contributed by atoms with van der Waals surface area (Å²) in [5.74, 6) is -0.0453. The van der Waals surface area contributed by atoms with Crippen LogP contribution >= 0.6 is 11.6 Å². The first-order valence-electron chi connectivity index (χ1n) is 7.58. The van der Waals surface area contributed by atoms with Gasteiger partial charge < -0.3 is 15.4 Å². The summed E-state index contributed by atoms with van der Waals surface area (Å²) in [5.41, 5.74) is 5.30. The maximum atomic E-state index is 11.7. The first kappa shape index (κ1) is 15.5. The number of ether oxygens (including phenoxy) is 1. The van der Waals surface area contributed by atoms with Gasteiger partial charge in [0.1, 0.15) is 0 Å². The highest BCUT2D eigenvalue weighted by atomic mass is 35.5. The number of nitrogens with zero attached hydrogens (tertiary/aromatic N) is 3. The number of carbonyl (C=O) groups is 1. The highest BCUT2D eigenvalue weighted by molar-refractivity contribution is 6.29. The third kappa shape index (κ3) is 2.90. The molecule has 1 saturated carbocycles. The summed E-state index contributed by atoms with van der Waals surface area (Å²) in [6.45, 7) is 5.46. The van der Waals surface area contributed by atoms with Gasteiger partial charge in [-0.2, -0.15) is 0 Å². The topological polar surface area (TPSA) is 81.3 Å².